The fourth-order valence-corrected chi connectivity index (χ4v) is 3.07. The zero-order valence-electron chi connectivity index (χ0n) is 13.2. The largest absolute Gasteiger partial charge is 0.496 e. The summed E-state index contributed by atoms with van der Waals surface area (Å²) in [5.74, 6) is 2.43. The first kappa shape index (κ1) is 14.7. The Hall–Kier alpha value is -2.20. The lowest BCUT2D eigenvalue weighted by Crippen LogP contribution is -2.31. The highest BCUT2D eigenvalue weighted by Crippen LogP contribution is 2.39. The third kappa shape index (κ3) is 2.50. The van der Waals surface area contributed by atoms with Gasteiger partial charge in [-0.15, -0.1) is 0 Å². The lowest BCUT2D eigenvalue weighted by Gasteiger charge is -2.29. The minimum atomic E-state index is 0.0970. The molecular formula is C18H21NO3. The number of ether oxygens (including phenoxy) is 3. The molecule has 4 heteroatoms. The second kappa shape index (κ2) is 6.28. The monoisotopic (exact) mass is 299 g/mol. The molecule has 0 saturated heterocycles. The summed E-state index contributed by atoms with van der Waals surface area (Å²) >= 11 is 0. The molecule has 3 rings (SSSR count). The van der Waals surface area contributed by atoms with E-state index in [2.05, 4.69) is 23.5 Å². The van der Waals surface area contributed by atoms with Crippen LogP contribution in [0.3, 0.4) is 0 Å². The van der Waals surface area contributed by atoms with Crippen molar-refractivity contribution < 1.29 is 14.2 Å². The standard InChI is InChI=1S/C18H21NO3/c1-20-15-7-5-4-6-13(15)18-14-11-17(22-3)16(21-2)10-12(14)8-9-19-18/h4-7,10-11,18-19H,8-9H2,1-3H3/t18-/m1/s1. The highest BCUT2D eigenvalue weighted by Gasteiger charge is 2.25. The van der Waals surface area contributed by atoms with E-state index < -0.39 is 0 Å². The summed E-state index contributed by atoms with van der Waals surface area (Å²) in [6.07, 6.45) is 0.974. The summed E-state index contributed by atoms with van der Waals surface area (Å²) in [4.78, 5) is 0. The van der Waals surface area contributed by atoms with E-state index in [0.717, 1.165) is 35.8 Å². The van der Waals surface area contributed by atoms with Gasteiger partial charge in [-0.3, -0.25) is 0 Å². The Bertz CT molecular complexity index is 669. The van der Waals surface area contributed by atoms with E-state index in [1.165, 1.54) is 11.1 Å². The molecule has 0 spiro atoms. The van der Waals surface area contributed by atoms with Crippen molar-refractivity contribution in [2.24, 2.45) is 0 Å². The Morgan fingerprint density at radius 2 is 1.55 bits per heavy atom. The molecule has 0 fully saturated rings. The molecule has 4 nitrogen and oxygen atoms in total. The van der Waals surface area contributed by atoms with Crippen molar-refractivity contribution in [3.05, 3.63) is 53.1 Å². The highest BCUT2D eigenvalue weighted by molar-refractivity contribution is 5.53. The molecule has 2 aromatic carbocycles. The molecule has 0 saturated carbocycles. The molecule has 116 valence electrons. The van der Waals surface area contributed by atoms with Gasteiger partial charge < -0.3 is 19.5 Å². The van der Waals surface area contributed by atoms with Crippen LogP contribution in [0.5, 0.6) is 17.2 Å². The van der Waals surface area contributed by atoms with Crippen LogP contribution in [0.15, 0.2) is 36.4 Å². The van der Waals surface area contributed by atoms with E-state index in [4.69, 9.17) is 14.2 Å². The van der Waals surface area contributed by atoms with Crippen LogP contribution in [0.2, 0.25) is 0 Å². The minimum absolute atomic E-state index is 0.0970. The van der Waals surface area contributed by atoms with E-state index in [9.17, 15) is 0 Å². The van der Waals surface area contributed by atoms with Crippen LogP contribution in [0.4, 0.5) is 0 Å². The van der Waals surface area contributed by atoms with E-state index in [1.54, 1.807) is 21.3 Å². The highest BCUT2D eigenvalue weighted by atomic mass is 16.5. The predicted molar refractivity (Wildman–Crippen MR) is 86.1 cm³/mol. The summed E-state index contributed by atoms with van der Waals surface area (Å²) in [6.45, 7) is 0.922. The Balaban J connectivity index is 2.11. The van der Waals surface area contributed by atoms with Crippen LogP contribution in [-0.4, -0.2) is 27.9 Å². The molecule has 1 atom stereocenters. The maximum absolute atomic E-state index is 5.52. The Labute approximate surface area is 131 Å². The number of methoxy groups -OCH3 is 3. The lowest BCUT2D eigenvalue weighted by molar-refractivity contribution is 0.352. The number of hydrogen-bond donors (Lipinski definition) is 1. The van der Waals surface area contributed by atoms with Crippen molar-refractivity contribution in [2.45, 2.75) is 12.5 Å². The van der Waals surface area contributed by atoms with Crippen LogP contribution >= 0.6 is 0 Å². The number of benzene rings is 2. The number of nitrogens with one attached hydrogen (secondary N) is 1. The maximum Gasteiger partial charge on any atom is 0.161 e. The van der Waals surface area contributed by atoms with Crippen molar-refractivity contribution in [1.82, 2.24) is 5.32 Å². The van der Waals surface area contributed by atoms with Gasteiger partial charge in [0.25, 0.3) is 0 Å². The van der Waals surface area contributed by atoms with Gasteiger partial charge in [-0.2, -0.15) is 0 Å². The number of fused-ring (bicyclic) bond motifs is 1. The molecule has 0 aromatic heterocycles. The van der Waals surface area contributed by atoms with Gasteiger partial charge in [-0.05, 0) is 35.7 Å². The molecule has 0 bridgehead atoms. The molecule has 0 unspecified atom stereocenters. The molecule has 2 aromatic rings. The molecule has 1 aliphatic rings. The second-order valence-electron chi connectivity index (χ2n) is 5.29. The third-order valence-corrected chi connectivity index (χ3v) is 4.15. The van der Waals surface area contributed by atoms with Crippen molar-refractivity contribution in [3.8, 4) is 17.2 Å². The quantitative estimate of drug-likeness (QED) is 0.942. The van der Waals surface area contributed by atoms with Crippen LogP contribution in [0.1, 0.15) is 22.7 Å². The number of hydrogen-bond acceptors (Lipinski definition) is 4. The summed E-state index contributed by atoms with van der Waals surface area (Å²) < 4.78 is 16.4. The van der Waals surface area contributed by atoms with Gasteiger partial charge in [-0.25, -0.2) is 0 Å². The van der Waals surface area contributed by atoms with Crippen molar-refractivity contribution in [3.63, 3.8) is 0 Å². The van der Waals surface area contributed by atoms with Crippen LogP contribution in [0.25, 0.3) is 0 Å². The van der Waals surface area contributed by atoms with Gasteiger partial charge in [0.1, 0.15) is 5.75 Å². The Morgan fingerprint density at radius 1 is 0.864 bits per heavy atom. The van der Waals surface area contributed by atoms with Crippen molar-refractivity contribution in [2.75, 3.05) is 27.9 Å². The third-order valence-electron chi connectivity index (χ3n) is 4.15. The SMILES string of the molecule is COc1cc2c(cc1OC)[C@@H](c1ccccc1OC)NCC2. The molecule has 1 heterocycles. The Kier molecular flexibility index (Phi) is 4.20. The second-order valence-corrected chi connectivity index (χ2v) is 5.29. The van der Waals surface area contributed by atoms with Crippen LogP contribution in [-0.2, 0) is 6.42 Å². The molecule has 22 heavy (non-hydrogen) atoms. The van der Waals surface area contributed by atoms with Crippen molar-refractivity contribution in [1.29, 1.82) is 0 Å². The predicted octanol–water partition coefficient (Wildman–Crippen LogP) is 2.95. The molecule has 0 radical (unpaired) electrons. The van der Waals surface area contributed by atoms with Crippen LogP contribution < -0.4 is 19.5 Å². The van der Waals surface area contributed by atoms with E-state index >= 15 is 0 Å². The first-order valence-electron chi connectivity index (χ1n) is 7.39. The fraction of sp³-hybridized carbons (Fsp3) is 0.333. The zero-order valence-corrected chi connectivity index (χ0v) is 13.2. The van der Waals surface area contributed by atoms with E-state index in [0.29, 0.717) is 0 Å². The summed E-state index contributed by atoms with van der Waals surface area (Å²) in [5.41, 5.74) is 3.64. The first-order chi connectivity index (χ1) is 10.8. The van der Waals surface area contributed by atoms with Gasteiger partial charge in [0.05, 0.1) is 27.4 Å². The van der Waals surface area contributed by atoms with Gasteiger partial charge in [-0.1, -0.05) is 18.2 Å². The van der Waals surface area contributed by atoms with Gasteiger partial charge in [0, 0.05) is 12.1 Å². The summed E-state index contributed by atoms with van der Waals surface area (Å²) in [5, 5.41) is 3.58. The fourth-order valence-electron chi connectivity index (χ4n) is 3.07. The molecular weight excluding hydrogens is 278 g/mol. The smallest absolute Gasteiger partial charge is 0.161 e. The number of rotatable bonds is 4. The molecule has 1 N–H and O–H groups in total. The number of para-hydroxylation sites is 1. The average Bonchev–Trinajstić information content (AvgIpc) is 2.59. The first-order valence-corrected chi connectivity index (χ1v) is 7.39. The van der Waals surface area contributed by atoms with E-state index in [-0.39, 0.29) is 6.04 Å². The van der Waals surface area contributed by atoms with Crippen molar-refractivity contribution >= 4 is 0 Å². The molecule has 0 aliphatic carbocycles. The van der Waals surface area contributed by atoms with Gasteiger partial charge in [0.15, 0.2) is 11.5 Å². The average molecular weight is 299 g/mol. The van der Waals surface area contributed by atoms with Crippen LogP contribution in [0, 0.1) is 0 Å². The Morgan fingerprint density at radius 3 is 2.27 bits per heavy atom. The topological polar surface area (TPSA) is 39.7 Å². The molecule has 1 aliphatic heterocycles. The van der Waals surface area contributed by atoms with Gasteiger partial charge >= 0.3 is 0 Å². The minimum Gasteiger partial charge on any atom is -0.496 e. The van der Waals surface area contributed by atoms with Gasteiger partial charge in [0.2, 0.25) is 0 Å². The zero-order chi connectivity index (χ0) is 15.5. The summed E-state index contributed by atoms with van der Waals surface area (Å²) in [6, 6.07) is 12.4. The normalized spacial score (nSPS) is 16.8. The maximum atomic E-state index is 5.52. The van der Waals surface area contributed by atoms with E-state index in [1.807, 2.05) is 18.2 Å². The molecule has 0 amide bonds. The lowest BCUT2D eigenvalue weighted by atomic mass is 9.89. The summed E-state index contributed by atoms with van der Waals surface area (Å²) in [7, 11) is 5.04.